The first kappa shape index (κ1) is 90.7. The Hall–Kier alpha value is -4.31. The van der Waals surface area contributed by atoms with Gasteiger partial charge in [0.25, 0.3) is 0 Å². The minimum Gasteiger partial charge on any atom is -0.463 e. The molecule has 0 bridgehead atoms. The van der Waals surface area contributed by atoms with Crippen LogP contribution in [0.1, 0.15) is 278 Å². The molecule has 0 fully saturated rings. The lowest BCUT2D eigenvalue weighted by molar-refractivity contribution is -0.161. The number of allylic oxidation sites excluding steroid dienone is 22. The van der Waals surface area contributed by atoms with Gasteiger partial charge < -0.3 is 34.2 Å². The maximum absolute atomic E-state index is 13.0. The van der Waals surface area contributed by atoms with Crippen molar-refractivity contribution in [3.63, 3.8) is 0 Å². The number of ether oxygens (including phenoxy) is 3. The number of aliphatic hydroxyl groups excluding tert-OH is 2. The van der Waals surface area contributed by atoms with Gasteiger partial charge in [0.2, 0.25) is 0 Å². The van der Waals surface area contributed by atoms with E-state index >= 15 is 0 Å². The van der Waals surface area contributed by atoms with Gasteiger partial charge in [-0.2, -0.15) is 0 Å². The third-order valence-corrected chi connectivity index (χ3v) is 16.7. The predicted octanol–water partition coefficient (Wildman–Crippen LogP) is 20.8. The molecule has 0 aromatic rings. The van der Waals surface area contributed by atoms with Crippen molar-refractivity contribution in [2.24, 2.45) is 0 Å². The quantitative estimate of drug-likeness (QED) is 0.0146. The molecule has 0 radical (unpaired) electrons. The molecule has 0 aliphatic rings. The van der Waals surface area contributed by atoms with Crippen LogP contribution in [0.4, 0.5) is 0 Å². The molecule has 0 rings (SSSR count). The monoisotopic (exact) mass is 1370 g/mol. The van der Waals surface area contributed by atoms with Crippen molar-refractivity contribution in [3.05, 3.63) is 134 Å². The summed E-state index contributed by atoms with van der Waals surface area (Å²) in [6, 6.07) is 0. The number of esters is 3. The Balaban J connectivity index is 4.68. The lowest BCUT2D eigenvalue weighted by Crippen LogP contribution is -2.30. The van der Waals surface area contributed by atoms with Gasteiger partial charge in [-0.1, -0.05) is 257 Å². The Morgan fingerprint density at radius 2 is 0.558 bits per heavy atom. The van der Waals surface area contributed by atoms with Gasteiger partial charge in [0.15, 0.2) is 6.10 Å². The number of unbranched alkanes of at least 4 members (excludes halogenated alkanes) is 23. The normalized spacial score (nSPS) is 14.9. The van der Waals surface area contributed by atoms with Crippen LogP contribution < -0.4 is 0 Å². The first-order valence-electron chi connectivity index (χ1n) is 36.5. The maximum Gasteiger partial charge on any atom is 0.472 e. The van der Waals surface area contributed by atoms with E-state index in [1.807, 2.05) is 0 Å². The van der Waals surface area contributed by atoms with Crippen molar-refractivity contribution >= 4 is 33.6 Å². The first-order valence-corrected chi connectivity index (χ1v) is 39.5. The average molecular weight is 1370 g/mol. The van der Waals surface area contributed by atoms with Gasteiger partial charge in [-0.25, -0.2) is 9.13 Å². The fourth-order valence-electron chi connectivity index (χ4n) is 9.32. The third kappa shape index (κ3) is 70.8. The highest BCUT2D eigenvalue weighted by Crippen LogP contribution is 2.45. The topological polar surface area (TPSA) is 231 Å². The molecule has 0 saturated heterocycles. The first-order chi connectivity index (χ1) is 46.2. The van der Waals surface area contributed by atoms with Crippen molar-refractivity contribution in [2.75, 3.05) is 39.6 Å². The van der Waals surface area contributed by atoms with Crippen molar-refractivity contribution < 1.29 is 75.8 Å². The minimum absolute atomic E-state index is 0.0868. The zero-order valence-electron chi connectivity index (χ0n) is 59.0. The lowest BCUT2D eigenvalue weighted by atomic mass is 10.1. The summed E-state index contributed by atoms with van der Waals surface area (Å²) in [6.45, 7) is 2.38. The molecule has 5 atom stereocenters. The number of hydrogen-bond acceptors (Lipinski definition) is 14. The van der Waals surface area contributed by atoms with E-state index in [2.05, 4.69) is 154 Å². The highest BCUT2D eigenvalue weighted by Gasteiger charge is 2.29. The van der Waals surface area contributed by atoms with Crippen LogP contribution in [-0.2, 0) is 55.8 Å². The summed E-state index contributed by atoms with van der Waals surface area (Å²) >= 11 is 0. The van der Waals surface area contributed by atoms with E-state index in [9.17, 15) is 43.5 Å². The van der Waals surface area contributed by atoms with Gasteiger partial charge in [-0.3, -0.25) is 32.5 Å². The summed E-state index contributed by atoms with van der Waals surface area (Å²) in [5, 5.41) is 20.6. The third-order valence-electron chi connectivity index (χ3n) is 14.8. The number of hydrogen-bond donors (Lipinski definition) is 4. The van der Waals surface area contributed by atoms with E-state index in [-0.39, 0.29) is 19.3 Å². The number of carbonyl (C=O) groups is 3. The number of carbonyl (C=O) groups excluding carboxylic acids is 3. The SMILES string of the molecule is CC/C=C\C/C=C\C/C=C\C/C=C\C/C=C\CCCCCCCCCC(=O)OCC(O)COP(=O)(O)OCC(O)COP(=O)(O)OCC(COC(=O)CCCCCCCC/C=C\C/C=C\C/C=C\CCCCC)OC(=O)CCCCCCCCC/C=C\C/C=C\C/C=C\CC. The fraction of sp³-hybridized carbons (Fsp3) is 0.675. The van der Waals surface area contributed by atoms with Crippen LogP contribution in [0.25, 0.3) is 0 Å². The zero-order chi connectivity index (χ0) is 69.5. The van der Waals surface area contributed by atoms with E-state index in [1.54, 1.807) is 0 Å². The van der Waals surface area contributed by atoms with Crippen molar-refractivity contribution in [1.82, 2.24) is 0 Å². The maximum atomic E-state index is 13.0. The zero-order valence-corrected chi connectivity index (χ0v) is 60.8. The van der Waals surface area contributed by atoms with E-state index in [4.69, 9.17) is 32.3 Å². The van der Waals surface area contributed by atoms with Gasteiger partial charge in [-0.05, 0) is 135 Å². The van der Waals surface area contributed by atoms with Crippen molar-refractivity contribution in [2.45, 2.75) is 296 Å². The van der Waals surface area contributed by atoms with Gasteiger partial charge in [0, 0.05) is 19.3 Å². The number of phosphoric ester groups is 2. The molecular formula is C77H130O16P2. The van der Waals surface area contributed by atoms with Gasteiger partial charge in [-0.15, -0.1) is 0 Å². The average Bonchev–Trinajstić information content (AvgIpc) is 2.05. The molecule has 0 aliphatic carbocycles. The van der Waals surface area contributed by atoms with Gasteiger partial charge >= 0.3 is 33.6 Å². The Kier molecular flexibility index (Phi) is 66.4. The summed E-state index contributed by atoms with van der Waals surface area (Å²) in [7, 11) is -9.80. The van der Waals surface area contributed by atoms with Crippen molar-refractivity contribution in [3.8, 4) is 0 Å². The molecule has 0 aromatic heterocycles. The molecule has 0 aliphatic heterocycles. The minimum atomic E-state index is -4.94. The molecule has 544 valence electrons. The summed E-state index contributed by atoms with van der Waals surface area (Å²) in [5.74, 6) is -1.61. The van der Waals surface area contributed by atoms with E-state index < -0.39 is 91.5 Å². The summed E-state index contributed by atoms with van der Waals surface area (Å²) in [4.78, 5) is 58.5. The molecule has 0 heterocycles. The fourth-order valence-corrected chi connectivity index (χ4v) is 10.9. The molecule has 5 unspecified atom stereocenters. The second-order valence-corrected chi connectivity index (χ2v) is 26.9. The van der Waals surface area contributed by atoms with E-state index in [0.29, 0.717) is 19.3 Å². The predicted molar refractivity (Wildman–Crippen MR) is 390 cm³/mol. The van der Waals surface area contributed by atoms with Gasteiger partial charge in [0.05, 0.1) is 26.4 Å². The van der Waals surface area contributed by atoms with Gasteiger partial charge in [0.1, 0.15) is 25.4 Å². The molecule has 4 N–H and O–H groups in total. The van der Waals surface area contributed by atoms with Crippen molar-refractivity contribution in [1.29, 1.82) is 0 Å². The molecule has 0 amide bonds. The number of rotatable bonds is 68. The van der Waals surface area contributed by atoms with Crippen LogP contribution in [0.3, 0.4) is 0 Å². The highest BCUT2D eigenvalue weighted by molar-refractivity contribution is 7.47. The highest BCUT2D eigenvalue weighted by atomic mass is 31.2. The van der Waals surface area contributed by atoms with Crippen LogP contribution in [-0.4, -0.2) is 95.9 Å². The van der Waals surface area contributed by atoms with E-state index in [1.165, 1.54) is 19.3 Å². The smallest absolute Gasteiger partial charge is 0.463 e. The Labute approximate surface area is 575 Å². The Bertz CT molecular complexity index is 2260. The Morgan fingerprint density at radius 3 is 0.884 bits per heavy atom. The van der Waals surface area contributed by atoms with Crippen LogP contribution in [0, 0.1) is 0 Å². The second-order valence-electron chi connectivity index (χ2n) is 24.0. The Morgan fingerprint density at radius 1 is 0.305 bits per heavy atom. The largest absolute Gasteiger partial charge is 0.472 e. The molecular weight excluding hydrogens is 1240 g/mol. The molecule has 16 nitrogen and oxygen atoms in total. The standard InChI is InChI=1S/C77H130O16P2/c1-4-7-10-13-16-19-22-25-28-31-33-34-35-36-38-41-42-45-48-51-54-57-60-63-75(80)87-66-72(78)67-89-94(83,84)90-68-73(79)69-91-95(85,86)92-71-74(93-77(82)65-62-59-56-53-50-47-44-39-30-27-24-21-18-15-12-9-6-3)70-88-76(81)64-61-58-55-52-49-46-43-40-37-32-29-26-23-20-17-14-11-8-5-2/h7,9-10,12,16-21,25-30,33-34,36-38,40,72-74,78-79H,4-6,8,11,13-15,22-24,31-32,35,39,41-71H2,1-3H3,(H,83,84)(H,85,86)/b10-7-,12-9-,19-16-,20-17-,21-18-,28-25-,29-26-,30-27-,34-33-,38-36-,40-37-. The summed E-state index contributed by atoms with van der Waals surface area (Å²) < 4.78 is 61.0. The number of aliphatic hydroxyl groups is 2. The molecule has 0 aromatic carbocycles. The molecule has 0 spiro atoms. The molecule has 95 heavy (non-hydrogen) atoms. The summed E-state index contributed by atoms with van der Waals surface area (Å²) in [6.07, 6.45) is 82.0. The van der Waals surface area contributed by atoms with E-state index in [0.717, 1.165) is 199 Å². The van der Waals surface area contributed by atoms with Crippen LogP contribution in [0.5, 0.6) is 0 Å². The molecule has 0 saturated carbocycles. The second kappa shape index (κ2) is 69.6. The molecule has 18 heteroatoms. The number of phosphoric acid groups is 2. The van der Waals surface area contributed by atoms with Crippen LogP contribution >= 0.6 is 15.6 Å². The summed E-state index contributed by atoms with van der Waals surface area (Å²) in [5.41, 5.74) is 0. The van der Waals surface area contributed by atoms with Crippen LogP contribution in [0.2, 0.25) is 0 Å². The lowest BCUT2D eigenvalue weighted by Gasteiger charge is -2.21. The van der Waals surface area contributed by atoms with Crippen LogP contribution in [0.15, 0.2) is 134 Å².